The lowest BCUT2D eigenvalue weighted by molar-refractivity contribution is -0.00801. The highest BCUT2D eigenvalue weighted by molar-refractivity contribution is 14.0. The number of hydrogen-bond acceptors (Lipinski definition) is 3. The molecule has 124 valence electrons. The fourth-order valence-electron chi connectivity index (χ4n) is 2.24. The minimum atomic E-state index is 0. The SMILES string of the molecule is C=C(Cl)CN=C(NCC)N1CCOC(c2cnn(C)c2)C1.I. The summed E-state index contributed by atoms with van der Waals surface area (Å²) in [5.74, 6) is 0.844. The molecule has 0 radical (unpaired) electrons. The first-order valence-electron chi connectivity index (χ1n) is 7.06. The Balaban J connectivity index is 0.00000242. The minimum Gasteiger partial charge on any atom is -0.370 e. The van der Waals surface area contributed by atoms with Crippen LogP contribution in [0.25, 0.3) is 0 Å². The van der Waals surface area contributed by atoms with E-state index in [-0.39, 0.29) is 30.1 Å². The molecule has 0 aromatic carbocycles. The second kappa shape index (κ2) is 9.36. The monoisotopic (exact) mass is 439 g/mol. The molecular weight excluding hydrogens is 417 g/mol. The number of aromatic nitrogens is 2. The Labute approximate surface area is 153 Å². The Morgan fingerprint density at radius 2 is 2.41 bits per heavy atom. The summed E-state index contributed by atoms with van der Waals surface area (Å²) >= 11 is 5.80. The van der Waals surface area contributed by atoms with E-state index in [2.05, 4.69) is 26.9 Å². The van der Waals surface area contributed by atoms with E-state index in [0.29, 0.717) is 18.2 Å². The second-order valence-electron chi connectivity index (χ2n) is 4.94. The molecule has 6 nitrogen and oxygen atoms in total. The van der Waals surface area contributed by atoms with Crippen molar-refractivity contribution < 1.29 is 4.74 Å². The summed E-state index contributed by atoms with van der Waals surface area (Å²) in [5.41, 5.74) is 1.08. The highest BCUT2D eigenvalue weighted by Gasteiger charge is 2.25. The first kappa shape index (κ1) is 19.2. The van der Waals surface area contributed by atoms with Gasteiger partial charge >= 0.3 is 0 Å². The van der Waals surface area contributed by atoms with Crippen LogP contribution in [0, 0.1) is 0 Å². The van der Waals surface area contributed by atoms with Crippen LogP contribution >= 0.6 is 35.6 Å². The predicted octanol–water partition coefficient (Wildman–Crippen LogP) is 2.13. The van der Waals surface area contributed by atoms with Crippen molar-refractivity contribution in [3.05, 3.63) is 29.6 Å². The van der Waals surface area contributed by atoms with Crippen molar-refractivity contribution in [1.29, 1.82) is 0 Å². The molecule has 0 saturated carbocycles. The van der Waals surface area contributed by atoms with Gasteiger partial charge in [-0.05, 0) is 6.92 Å². The molecule has 2 heterocycles. The van der Waals surface area contributed by atoms with Gasteiger partial charge in [0, 0.05) is 36.9 Å². The maximum absolute atomic E-state index is 5.84. The summed E-state index contributed by atoms with van der Waals surface area (Å²) in [6.45, 7) is 9.15. The molecule has 1 aliphatic rings. The average molecular weight is 440 g/mol. The van der Waals surface area contributed by atoms with Crippen LogP contribution in [0.4, 0.5) is 0 Å². The van der Waals surface area contributed by atoms with Gasteiger partial charge < -0.3 is 15.0 Å². The number of halogens is 2. The lowest BCUT2D eigenvalue weighted by Gasteiger charge is -2.34. The summed E-state index contributed by atoms with van der Waals surface area (Å²) in [7, 11) is 1.90. The number of ether oxygens (including phenoxy) is 1. The summed E-state index contributed by atoms with van der Waals surface area (Å²) in [5, 5.41) is 8.02. The fraction of sp³-hybridized carbons (Fsp3) is 0.571. The Hall–Kier alpha value is -0.800. The third-order valence-corrected chi connectivity index (χ3v) is 3.32. The quantitative estimate of drug-likeness (QED) is 0.444. The zero-order chi connectivity index (χ0) is 15.2. The van der Waals surface area contributed by atoms with Gasteiger partial charge in [-0.3, -0.25) is 4.68 Å². The van der Waals surface area contributed by atoms with Gasteiger partial charge in [-0.15, -0.1) is 24.0 Å². The number of guanidine groups is 1. The largest absolute Gasteiger partial charge is 0.370 e. The number of nitrogens with zero attached hydrogens (tertiary/aromatic N) is 4. The molecule has 0 spiro atoms. The van der Waals surface area contributed by atoms with Crippen LogP contribution in [0.2, 0.25) is 0 Å². The average Bonchev–Trinajstić information content (AvgIpc) is 2.90. The molecule has 1 N–H and O–H groups in total. The van der Waals surface area contributed by atoms with Gasteiger partial charge in [0.05, 0.1) is 25.9 Å². The van der Waals surface area contributed by atoms with E-state index in [1.807, 2.05) is 26.4 Å². The van der Waals surface area contributed by atoms with Crippen molar-refractivity contribution in [2.75, 3.05) is 32.8 Å². The van der Waals surface area contributed by atoms with Crippen LogP contribution in [0.5, 0.6) is 0 Å². The third kappa shape index (κ3) is 5.44. The number of aliphatic imine (C=N–C) groups is 1. The van der Waals surface area contributed by atoms with Crippen molar-refractivity contribution in [3.8, 4) is 0 Å². The zero-order valence-electron chi connectivity index (χ0n) is 13.0. The van der Waals surface area contributed by atoms with E-state index in [1.165, 1.54) is 0 Å². The van der Waals surface area contributed by atoms with Gasteiger partial charge in [-0.2, -0.15) is 5.10 Å². The minimum absolute atomic E-state index is 0. The predicted molar refractivity (Wildman–Crippen MR) is 99.9 cm³/mol. The molecule has 0 amide bonds. The smallest absolute Gasteiger partial charge is 0.194 e. The number of nitrogens with one attached hydrogen (secondary N) is 1. The first-order valence-corrected chi connectivity index (χ1v) is 7.44. The van der Waals surface area contributed by atoms with Crippen LogP contribution in [-0.4, -0.2) is 53.4 Å². The summed E-state index contributed by atoms with van der Waals surface area (Å²) in [6, 6.07) is 0. The molecule has 22 heavy (non-hydrogen) atoms. The van der Waals surface area contributed by atoms with Crippen LogP contribution in [0.15, 0.2) is 29.0 Å². The number of hydrogen-bond donors (Lipinski definition) is 1. The Morgan fingerprint density at radius 3 is 3.00 bits per heavy atom. The number of rotatable bonds is 4. The maximum Gasteiger partial charge on any atom is 0.194 e. The van der Waals surface area contributed by atoms with Crippen molar-refractivity contribution in [3.63, 3.8) is 0 Å². The zero-order valence-corrected chi connectivity index (χ0v) is 16.0. The van der Waals surface area contributed by atoms with Crippen LogP contribution in [0.3, 0.4) is 0 Å². The molecule has 8 heteroatoms. The summed E-state index contributed by atoms with van der Waals surface area (Å²) in [6.07, 6.45) is 3.84. The van der Waals surface area contributed by atoms with E-state index < -0.39 is 0 Å². The van der Waals surface area contributed by atoms with Crippen molar-refractivity contribution in [2.45, 2.75) is 13.0 Å². The topological polar surface area (TPSA) is 54.7 Å². The fourth-order valence-corrected chi connectivity index (χ4v) is 2.30. The number of aryl methyl sites for hydroxylation is 1. The van der Waals surface area contributed by atoms with Gasteiger partial charge in [0.15, 0.2) is 5.96 Å². The van der Waals surface area contributed by atoms with Crippen LogP contribution in [-0.2, 0) is 11.8 Å². The van der Waals surface area contributed by atoms with Gasteiger partial charge in [0.1, 0.15) is 6.10 Å². The van der Waals surface area contributed by atoms with Crippen molar-refractivity contribution in [1.82, 2.24) is 20.0 Å². The highest BCUT2D eigenvalue weighted by atomic mass is 127. The van der Waals surface area contributed by atoms with Crippen molar-refractivity contribution >= 4 is 41.5 Å². The molecule has 1 aromatic heterocycles. The molecule has 1 aromatic rings. The lowest BCUT2D eigenvalue weighted by Crippen LogP contribution is -2.48. The lowest BCUT2D eigenvalue weighted by atomic mass is 10.1. The molecular formula is C14H23ClIN5O. The molecule has 1 saturated heterocycles. The first-order chi connectivity index (χ1) is 10.1. The second-order valence-corrected chi connectivity index (χ2v) is 5.47. The van der Waals surface area contributed by atoms with E-state index in [1.54, 1.807) is 4.68 Å². The van der Waals surface area contributed by atoms with E-state index in [0.717, 1.165) is 31.2 Å². The van der Waals surface area contributed by atoms with E-state index in [9.17, 15) is 0 Å². The van der Waals surface area contributed by atoms with Gasteiger partial charge in [0.2, 0.25) is 0 Å². The van der Waals surface area contributed by atoms with E-state index in [4.69, 9.17) is 16.3 Å². The molecule has 1 unspecified atom stereocenters. The normalized spacial score (nSPS) is 18.8. The Kier molecular flexibility index (Phi) is 8.19. The standard InChI is InChI=1S/C14H22ClN5O.HI/c1-4-16-14(17-7-11(2)15)20-5-6-21-13(10-20)12-8-18-19(3)9-12;/h8-9,13H,2,4-7,10H2,1,3H3,(H,16,17);1H. The molecule has 1 atom stereocenters. The summed E-state index contributed by atoms with van der Waals surface area (Å²) < 4.78 is 7.63. The molecule has 0 aliphatic carbocycles. The van der Waals surface area contributed by atoms with E-state index >= 15 is 0 Å². The van der Waals surface area contributed by atoms with Gasteiger partial charge in [-0.1, -0.05) is 18.2 Å². The molecule has 1 fully saturated rings. The maximum atomic E-state index is 5.84. The highest BCUT2D eigenvalue weighted by Crippen LogP contribution is 2.21. The van der Waals surface area contributed by atoms with Crippen molar-refractivity contribution in [2.24, 2.45) is 12.0 Å². The number of morpholine rings is 1. The Bertz CT molecular complexity index is 519. The van der Waals surface area contributed by atoms with Gasteiger partial charge in [0.25, 0.3) is 0 Å². The Morgan fingerprint density at radius 1 is 1.64 bits per heavy atom. The third-order valence-electron chi connectivity index (χ3n) is 3.20. The van der Waals surface area contributed by atoms with Crippen LogP contribution < -0.4 is 5.32 Å². The van der Waals surface area contributed by atoms with Crippen LogP contribution in [0.1, 0.15) is 18.6 Å². The molecule has 1 aliphatic heterocycles. The summed E-state index contributed by atoms with van der Waals surface area (Å²) in [4.78, 5) is 6.68. The molecule has 0 bridgehead atoms. The molecule has 2 rings (SSSR count). The van der Waals surface area contributed by atoms with Gasteiger partial charge in [-0.25, -0.2) is 4.99 Å².